The van der Waals surface area contributed by atoms with Gasteiger partial charge < -0.3 is 9.47 Å². The van der Waals surface area contributed by atoms with E-state index >= 15 is 0 Å². The van der Waals surface area contributed by atoms with Gasteiger partial charge in [-0.15, -0.1) is 0 Å². The highest BCUT2D eigenvalue weighted by Crippen LogP contribution is 2.23. The lowest BCUT2D eigenvalue weighted by Crippen LogP contribution is -2.05. The van der Waals surface area contributed by atoms with Gasteiger partial charge in [-0.05, 0) is 18.1 Å². The number of ether oxygens (including phenoxy) is 2. The summed E-state index contributed by atoms with van der Waals surface area (Å²) in [5, 5.41) is 8.92. The molecule has 0 bridgehead atoms. The van der Waals surface area contributed by atoms with Gasteiger partial charge in [-0.3, -0.25) is 0 Å². The maximum Gasteiger partial charge on any atom is 0.137 e. The van der Waals surface area contributed by atoms with Gasteiger partial charge in [0.1, 0.15) is 17.6 Å². The minimum absolute atomic E-state index is 0.443. The molecule has 1 rings (SSSR count). The van der Waals surface area contributed by atoms with Crippen molar-refractivity contribution >= 4 is 0 Å². The first kappa shape index (κ1) is 11.4. The van der Waals surface area contributed by atoms with E-state index in [1.165, 1.54) is 0 Å². The molecule has 3 nitrogen and oxygen atoms in total. The second-order valence-electron chi connectivity index (χ2n) is 3.68. The first-order valence-electron chi connectivity index (χ1n) is 4.88. The zero-order chi connectivity index (χ0) is 11.3. The van der Waals surface area contributed by atoms with Gasteiger partial charge in [0.25, 0.3) is 0 Å². The van der Waals surface area contributed by atoms with Crippen LogP contribution in [0.1, 0.15) is 19.4 Å². The Hall–Kier alpha value is -1.69. The van der Waals surface area contributed by atoms with Crippen LogP contribution in [0.3, 0.4) is 0 Å². The molecule has 0 saturated carbocycles. The molecule has 0 unspecified atom stereocenters. The predicted octanol–water partition coefficient (Wildman–Crippen LogP) is 2.60. The average molecular weight is 205 g/mol. The van der Waals surface area contributed by atoms with E-state index in [2.05, 4.69) is 19.9 Å². The molecule has 3 heteroatoms. The van der Waals surface area contributed by atoms with E-state index in [0.29, 0.717) is 29.6 Å². The Morgan fingerprint density at radius 3 is 2.67 bits per heavy atom. The molecular formula is C12H15NO2. The Morgan fingerprint density at radius 1 is 1.40 bits per heavy atom. The van der Waals surface area contributed by atoms with E-state index in [1.807, 2.05) is 0 Å². The summed E-state index contributed by atoms with van der Waals surface area (Å²) >= 11 is 0. The Morgan fingerprint density at radius 2 is 2.13 bits per heavy atom. The van der Waals surface area contributed by atoms with Gasteiger partial charge in [0.05, 0.1) is 19.3 Å². The second-order valence-corrected chi connectivity index (χ2v) is 3.68. The van der Waals surface area contributed by atoms with Crippen LogP contribution in [0.25, 0.3) is 0 Å². The molecule has 0 amide bonds. The second kappa shape index (κ2) is 5.26. The summed E-state index contributed by atoms with van der Waals surface area (Å²) < 4.78 is 10.5. The van der Waals surface area contributed by atoms with Crippen LogP contribution in [-0.2, 0) is 0 Å². The van der Waals surface area contributed by atoms with Crippen molar-refractivity contribution in [3.05, 3.63) is 23.8 Å². The molecule has 0 saturated heterocycles. The molecule has 1 aromatic rings. The fourth-order valence-electron chi connectivity index (χ4n) is 1.11. The number of nitriles is 1. The van der Waals surface area contributed by atoms with Crippen molar-refractivity contribution < 1.29 is 9.47 Å². The van der Waals surface area contributed by atoms with Crippen molar-refractivity contribution in [3.63, 3.8) is 0 Å². The molecule has 0 aliphatic heterocycles. The molecule has 0 radical (unpaired) electrons. The van der Waals surface area contributed by atoms with Crippen molar-refractivity contribution in [2.75, 3.05) is 13.7 Å². The SMILES string of the molecule is COc1ccc(OCC(C)C)c(C#N)c1. The molecule has 0 N–H and O–H groups in total. The number of nitrogens with zero attached hydrogens (tertiary/aromatic N) is 1. The molecular weight excluding hydrogens is 190 g/mol. The van der Waals surface area contributed by atoms with E-state index in [9.17, 15) is 0 Å². The monoisotopic (exact) mass is 205 g/mol. The number of hydrogen-bond acceptors (Lipinski definition) is 3. The topological polar surface area (TPSA) is 42.2 Å². The van der Waals surface area contributed by atoms with E-state index in [1.54, 1.807) is 25.3 Å². The summed E-state index contributed by atoms with van der Waals surface area (Å²) in [6, 6.07) is 7.32. The first-order chi connectivity index (χ1) is 7.17. The third-order valence-corrected chi connectivity index (χ3v) is 1.88. The fourth-order valence-corrected chi connectivity index (χ4v) is 1.11. The highest BCUT2D eigenvalue weighted by Gasteiger charge is 2.05. The van der Waals surface area contributed by atoms with Crippen molar-refractivity contribution in [2.24, 2.45) is 5.92 Å². The van der Waals surface area contributed by atoms with Gasteiger partial charge in [0.15, 0.2) is 0 Å². The predicted molar refractivity (Wildman–Crippen MR) is 58.0 cm³/mol. The van der Waals surface area contributed by atoms with Gasteiger partial charge in [-0.1, -0.05) is 13.8 Å². The maximum atomic E-state index is 8.92. The first-order valence-corrected chi connectivity index (χ1v) is 4.88. The maximum absolute atomic E-state index is 8.92. The largest absolute Gasteiger partial charge is 0.497 e. The normalized spacial score (nSPS) is 9.80. The molecule has 0 aromatic heterocycles. The Balaban J connectivity index is 2.84. The quantitative estimate of drug-likeness (QED) is 0.758. The van der Waals surface area contributed by atoms with Crippen LogP contribution in [0.5, 0.6) is 11.5 Å². The summed E-state index contributed by atoms with van der Waals surface area (Å²) in [5.41, 5.74) is 0.509. The van der Waals surface area contributed by atoms with Gasteiger partial charge in [-0.2, -0.15) is 5.26 Å². The molecule has 0 heterocycles. The minimum Gasteiger partial charge on any atom is -0.497 e. The molecule has 80 valence electrons. The third kappa shape index (κ3) is 3.17. The Bertz CT molecular complexity index is 366. The molecule has 0 atom stereocenters. The molecule has 0 aliphatic rings. The van der Waals surface area contributed by atoms with Crippen LogP contribution in [0, 0.1) is 17.2 Å². The Labute approximate surface area is 90.2 Å². The smallest absolute Gasteiger partial charge is 0.137 e. The lowest BCUT2D eigenvalue weighted by molar-refractivity contribution is 0.270. The van der Waals surface area contributed by atoms with Crippen molar-refractivity contribution in [3.8, 4) is 17.6 Å². The van der Waals surface area contributed by atoms with Crippen molar-refractivity contribution in [1.29, 1.82) is 5.26 Å². The summed E-state index contributed by atoms with van der Waals surface area (Å²) in [7, 11) is 1.57. The highest BCUT2D eigenvalue weighted by atomic mass is 16.5. The van der Waals surface area contributed by atoms with E-state index < -0.39 is 0 Å². The highest BCUT2D eigenvalue weighted by molar-refractivity contribution is 5.47. The van der Waals surface area contributed by atoms with Crippen LogP contribution in [-0.4, -0.2) is 13.7 Å². The summed E-state index contributed by atoms with van der Waals surface area (Å²) in [5.74, 6) is 1.73. The van der Waals surface area contributed by atoms with E-state index in [0.717, 1.165) is 0 Å². The van der Waals surface area contributed by atoms with Gasteiger partial charge >= 0.3 is 0 Å². The van der Waals surface area contributed by atoms with Crippen LogP contribution >= 0.6 is 0 Å². The molecule has 1 aromatic carbocycles. The summed E-state index contributed by atoms with van der Waals surface area (Å²) in [6.07, 6.45) is 0. The number of benzene rings is 1. The lowest BCUT2D eigenvalue weighted by Gasteiger charge is -2.10. The van der Waals surface area contributed by atoms with Crippen LogP contribution in [0.15, 0.2) is 18.2 Å². The Kier molecular flexibility index (Phi) is 3.99. The fraction of sp³-hybridized carbons (Fsp3) is 0.417. The molecule has 0 spiro atoms. The van der Waals surface area contributed by atoms with Gasteiger partial charge in [0, 0.05) is 6.07 Å². The van der Waals surface area contributed by atoms with Crippen LogP contribution in [0.2, 0.25) is 0 Å². The number of rotatable bonds is 4. The van der Waals surface area contributed by atoms with Crippen molar-refractivity contribution in [2.45, 2.75) is 13.8 Å². The molecule has 0 fully saturated rings. The van der Waals surface area contributed by atoms with Crippen LogP contribution < -0.4 is 9.47 Å². The van der Waals surface area contributed by atoms with E-state index in [4.69, 9.17) is 14.7 Å². The average Bonchev–Trinajstić information content (AvgIpc) is 2.25. The molecule has 15 heavy (non-hydrogen) atoms. The lowest BCUT2D eigenvalue weighted by atomic mass is 10.2. The van der Waals surface area contributed by atoms with Gasteiger partial charge in [-0.25, -0.2) is 0 Å². The minimum atomic E-state index is 0.443. The zero-order valence-corrected chi connectivity index (χ0v) is 9.28. The van der Waals surface area contributed by atoms with Crippen LogP contribution in [0.4, 0.5) is 0 Å². The number of hydrogen-bond donors (Lipinski definition) is 0. The molecule has 0 aliphatic carbocycles. The summed E-state index contributed by atoms with van der Waals surface area (Å²) in [6.45, 7) is 4.74. The standard InChI is InChI=1S/C12H15NO2/c1-9(2)8-15-12-5-4-11(14-3)6-10(12)7-13/h4-6,9H,8H2,1-3H3. The number of methoxy groups -OCH3 is 1. The zero-order valence-electron chi connectivity index (χ0n) is 9.28. The third-order valence-electron chi connectivity index (χ3n) is 1.88. The van der Waals surface area contributed by atoms with E-state index in [-0.39, 0.29) is 0 Å². The summed E-state index contributed by atoms with van der Waals surface area (Å²) in [4.78, 5) is 0. The van der Waals surface area contributed by atoms with Crippen molar-refractivity contribution in [1.82, 2.24) is 0 Å². The van der Waals surface area contributed by atoms with Gasteiger partial charge in [0.2, 0.25) is 0 Å².